The molecule has 92 valence electrons. The minimum absolute atomic E-state index is 0.193. The van der Waals surface area contributed by atoms with Crippen LogP contribution in [0.4, 0.5) is 8.78 Å². The highest BCUT2D eigenvalue weighted by Crippen LogP contribution is 2.14. The minimum atomic E-state index is -4.03. The molecule has 0 fully saturated rings. The van der Waals surface area contributed by atoms with Crippen molar-refractivity contribution in [3.8, 4) is 0 Å². The summed E-state index contributed by atoms with van der Waals surface area (Å²) in [6.45, 7) is -1.12. The molecule has 0 saturated carbocycles. The molecular formula is C7H11F2N3O3S. The molecule has 0 atom stereocenters. The standard InChI is InChI=1S/C7H11F2N3O3S/c1-5-6(2-10-12-5)16(14,15)11-3-7(8,9)4-13/h2,11,13H,3-4H2,1H3,(H,10,12). The van der Waals surface area contributed by atoms with Crippen molar-refractivity contribution in [2.45, 2.75) is 17.7 Å². The van der Waals surface area contributed by atoms with E-state index in [2.05, 4.69) is 10.2 Å². The van der Waals surface area contributed by atoms with E-state index in [0.717, 1.165) is 6.20 Å². The van der Waals surface area contributed by atoms with Crippen LogP contribution in [0.15, 0.2) is 11.1 Å². The Balaban J connectivity index is 2.79. The van der Waals surface area contributed by atoms with Gasteiger partial charge in [-0.1, -0.05) is 0 Å². The second-order valence-electron chi connectivity index (χ2n) is 3.20. The molecule has 0 aliphatic rings. The Morgan fingerprint density at radius 1 is 1.62 bits per heavy atom. The predicted molar refractivity (Wildman–Crippen MR) is 50.5 cm³/mol. The number of rotatable bonds is 5. The Bertz CT molecular complexity index is 457. The van der Waals surface area contributed by atoms with Gasteiger partial charge in [-0.3, -0.25) is 5.10 Å². The SMILES string of the molecule is Cc1[nH]ncc1S(=O)(=O)NCC(F)(F)CO. The summed E-state index contributed by atoms with van der Waals surface area (Å²) in [6.07, 6.45) is 1.02. The van der Waals surface area contributed by atoms with Gasteiger partial charge in [-0.25, -0.2) is 21.9 Å². The third kappa shape index (κ3) is 2.97. The summed E-state index contributed by atoms with van der Waals surface area (Å²) in [5.41, 5.74) is 0.250. The highest BCUT2D eigenvalue weighted by molar-refractivity contribution is 7.89. The van der Waals surface area contributed by atoms with Gasteiger partial charge in [0.2, 0.25) is 10.0 Å². The third-order valence-electron chi connectivity index (χ3n) is 1.83. The van der Waals surface area contributed by atoms with Gasteiger partial charge in [-0.15, -0.1) is 0 Å². The van der Waals surface area contributed by atoms with Crippen molar-refractivity contribution in [2.24, 2.45) is 0 Å². The lowest BCUT2D eigenvalue weighted by atomic mass is 10.4. The van der Waals surface area contributed by atoms with Crippen molar-refractivity contribution >= 4 is 10.0 Å². The number of hydrogen-bond acceptors (Lipinski definition) is 4. The van der Waals surface area contributed by atoms with Gasteiger partial charge in [0, 0.05) is 0 Å². The van der Waals surface area contributed by atoms with Crippen molar-refractivity contribution in [3.63, 3.8) is 0 Å². The van der Waals surface area contributed by atoms with E-state index < -0.39 is 29.1 Å². The Labute approximate surface area is 90.7 Å². The van der Waals surface area contributed by atoms with Crippen molar-refractivity contribution < 1.29 is 22.3 Å². The number of aryl methyl sites for hydroxylation is 1. The zero-order chi connectivity index (χ0) is 12.4. The summed E-state index contributed by atoms with van der Waals surface area (Å²) in [6, 6.07) is 0. The van der Waals surface area contributed by atoms with Crippen molar-refractivity contribution in [3.05, 3.63) is 11.9 Å². The summed E-state index contributed by atoms with van der Waals surface area (Å²) >= 11 is 0. The minimum Gasteiger partial charge on any atom is -0.390 e. The molecule has 0 aliphatic heterocycles. The normalized spacial score (nSPS) is 13.0. The first-order valence-electron chi connectivity index (χ1n) is 4.27. The number of H-pyrrole nitrogens is 1. The molecule has 0 unspecified atom stereocenters. The molecule has 0 bridgehead atoms. The highest BCUT2D eigenvalue weighted by Gasteiger charge is 2.30. The van der Waals surface area contributed by atoms with Crippen LogP contribution < -0.4 is 4.72 Å². The van der Waals surface area contributed by atoms with Crippen LogP contribution >= 0.6 is 0 Å². The first kappa shape index (κ1) is 13.0. The maximum atomic E-state index is 12.6. The molecule has 16 heavy (non-hydrogen) atoms. The van der Waals surface area contributed by atoms with E-state index in [1.807, 2.05) is 0 Å². The quantitative estimate of drug-likeness (QED) is 0.668. The smallest absolute Gasteiger partial charge is 0.283 e. The molecule has 1 heterocycles. The van der Waals surface area contributed by atoms with E-state index in [1.54, 1.807) is 4.72 Å². The van der Waals surface area contributed by atoms with Crippen LogP contribution in [0.1, 0.15) is 5.69 Å². The number of aromatic amines is 1. The van der Waals surface area contributed by atoms with E-state index in [4.69, 9.17) is 5.11 Å². The van der Waals surface area contributed by atoms with Crippen LogP contribution in [0.3, 0.4) is 0 Å². The summed E-state index contributed by atoms with van der Waals surface area (Å²) in [4.78, 5) is -0.193. The second kappa shape index (κ2) is 4.44. The van der Waals surface area contributed by atoms with Gasteiger partial charge in [-0.2, -0.15) is 5.10 Å². The second-order valence-corrected chi connectivity index (χ2v) is 4.93. The largest absolute Gasteiger partial charge is 0.390 e. The number of halogens is 2. The molecule has 0 aromatic carbocycles. The molecule has 0 spiro atoms. The zero-order valence-electron chi connectivity index (χ0n) is 8.37. The van der Waals surface area contributed by atoms with Crippen molar-refractivity contribution in [1.29, 1.82) is 0 Å². The number of aliphatic hydroxyl groups excluding tert-OH is 1. The first-order chi connectivity index (χ1) is 7.28. The van der Waals surface area contributed by atoms with Crippen LogP contribution in [0.25, 0.3) is 0 Å². The average Bonchev–Trinajstić information content (AvgIpc) is 2.63. The fraction of sp³-hybridized carbons (Fsp3) is 0.571. The Morgan fingerprint density at radius 3 is 2.69 bits per heavy atom. The van der Waals surface area contributed by atoms with Crippen LogP contribution in [0.2, 0.25) is 0 Å². The molecular weight excluding hydrogens is 244 g/mol. The average molecular weight is 255 g/mol. The molecule has 6 nitrogen and oxygen atoms in total. The number of nitrogens with one attached hydrogen (secondary N) is 2. The number of aromatic nitrogens is 2. The topological polar surface area (TPSA) is 95.1 Å². The van der Waals surface area contributed by atoms with Gasteiger partial charge in [0.15, 0.2) is 0 Å². The number of aliphatic hydroxyl groups is 1. The van der Waals surface area contributed by atoms with Gasteiger partial charge >= 0.3 is 0 Å². The lowest BCUT2D eigenvalue weighted by Gasteiger charge is -2.13. The van der Waals surface area contributed by atoms with Crippen LogP contribution in [0.5, 0.6) is 0 Å². The molecule has 0 amide bonds. The zero-order valence-corrected chi connectivity index (χ0v) is 9.18. The van der Waals surface area contributed by atoms with E-state index in [-0.39, 0.29) is 10.6 Å². The lowest BCUT2D eigenvalue weighted by Crippen LogP contribution is -2.39. The highest BCUT2D eigenvalue weighted by atomic mass is 32.2. The van der Waals surface area contributed by atoms with Gasteiger partial charge in [0.25, 0.3) is 5.92 Å². The Hall–Kier alpha value is -1.06. The molecule has 1 aromatic rings. The number of alkyl halides is 2. The van der Waals surface area contributed by atoms with Gasteiger partial charge < -0.3 is 5.11 Å². The third-order valence-corrected chi connectivity index (χ3v) is 3.34. The molecule has 0 radical (unpaired) electrons. The number of sulfonamides is 1. The molecule has 1 aromatic heterocycles. The number of nitrogens with zero attached hydrogens (tertiary/aromatic N) is 1. The maximum absolute atomic E-state index is 12.6. The summed E-state index contributed by atoms with van der Waals surface area (Å²) in [5, 5.41) is 14.1. The lowest BCUT2D eigenvalue weighted by molar-refractivity contribution is -0.0437. The van der Waals surface area contributed by atoms with Crippen LogP contribution in [-0.2, 0) is 10.0 Å². The van der Waals surface area contributed by atoms with E-state index >= 15 is 0 Å². The van der Waals surface area contributed by atoms with E-state index in [0.29, 0.717) is 0 Å². The maximum Gasteiger partial charge on any atom is 0.283 e. The summed E-state index contributed by atoms with van der Waals surface area (Å²) in [7, 11) is -4.03. The van der Waals surface area contributed by atoms with Crippen LogP contribution in [0, 0.1) is 6.92 Å². The fourth-order valence-electron chi connectivity index (χ4n) is 0.945. The van der Waals surface area contributed by atoms with Crippen LogP contribution in [-0.4, -0.2) is 42.8 Å². The van der Waals surface area contributed by atoms with Crippen molar-refractivity contribution in [1.82, 2.24) is 14.9 Å². The predicted octanol–water partition coefficient (Wildman–Crippen LogP) is -0.376. The number of hydrogen-bond donors (Lipinski definition) is 3. The molecule has 9 heteroatoms. The van der Waals surface area contributed by atoms with Gasteiger partial charge in [0.05, 0.1) is 18.4 Å². The summed E-state index contributed by atoms with van der Waals surface area (Å²) < 4.78 is 49.9. The van der Waals surface area contributed by atoms with Gasteiger partial charge in [0.1, 0.15) is 11.5 Å². The fourth-order valence-corrected chi connectivity index (χ4v) is 2.14. The Kier molecular flexibility index (Phi) is 3.61. The van der Waals surface area contributed by atoms with E-state index in [9.17, 15) is 17.2 Å². The molecule has 3 N–H and O–H groups in total. The van der Waals surface area contributed by atoms with E-state index in [1.165, 1.54) is 6.92 Å². The molecule has 1 rings (SSSR count). The van der Waals surface area contributed by atoms with Gasteiger partial charge in [-0.05, 0) is 6.92 Å². The molecule has 0 aliphatic carbocycles. The summed E-state index contributed by atoms with van der Waals surface area (Å²) in [5.74, 6) is -3.48. The molecule has 0 saturated heterocycles. The monoisotopic (exact) mass is 255 g/mol. The Morgan fingerprint density at radius 2 is 2.25 bits per heavy atom. The van der Waals surface area contributed by atoms with Crippen molar-refractivity contribution in [2.75, 3.05) is 13.2 Å². The first-order valence-corrected chi connectivity index (χ1v) is 5.75.